The molecule has 0 radical (unpaired) electrons. The summed E-state index contributed by atoms with van der Waals surface area (Å²) in [6, 6.07) is 3.38. The number of halogens is 3. The highest BCUT2D eigenvalue weighted by Crippen LogP contribution is 2.30. The van der Waals surface area contributed by atoms with Crippen molar-refractivity contribution >= 4 is 23.5 Å². The predicted molar refractivity (Wildman–Crippen MR) is 69.8 cm³/mol. The molecule has 1 rings (SSSR count). The van der Waals surface area contributed by atoms with Crippen LogP contribution in [0.1, 0.15) is 25.3 Å². The number of nitrogens with one attached hydrogen (secondary N) is 1. The molecule has 1 atom stereocenters. The molecule has 0 spiro atoms. The molecule has 1 amide bonds. The topological polar surface area (TPSA) is 66.4 Å². The number of rotatable bonds is 6. The van der Waals surface area contributed by atoms with E-state index in [4.69, 9.17) is 16.7 Å². The first-order valence-electron chi connectivity index (χ1n) is 5.96. The summed E-state index contributed by atoms with van der Waals surface area (Å²) in [5.74, 6) is -6.84. The summed E-state index contributed by atoms with van der Waals surface area (Å²) >= 11 is 5.60. The summed E-state index contributed by atoms with van der Waals surface area (Å²) in [4.78, 5) is 22.5. The Labute approximate surface area is 119 Å². The highest BCUT2D eigenvalue weighted by Gasteiger charge is 2.42. The van der Waals surface area contributed by atoms with Gasteiger partial charge < -0.3 is 10.4 Å². The van der Waals surface area contributed by atoms with Gasteiger partial charge >= 0.3 is 11.9 Å². The monoisotopic (exact) mass is 305 g/mol. The number of alkyl halides is 2. The molecule has 0 aromatic heterocycles. The molecule has 0 saturated carbocycles. The largest absolute Gasteiger partial charge is 0.480 e. The molecule has 2 N–H and O–H groups in total. The van der Waals surface area contributed by atoms with E-state index in [2.05, 4.69) is 0 Å². The van der Waals surface area contributed by atoms with Crippen LogP contribution in [0, 0.1) is 0 Å². The van der Waals surface area contributed by atoms with Gasteiger partial charge in [0.1, 0.15) is 6.04 Å². The Bertz CT molecular complexity index is 508. The van der Waals surface area contributed by atoms with Crippen molar-refractivity contribution in [1.29, 1.82) is 0 Å². The molecule has 0 aliphatic rings. The van der Waals surface area contributed by atoms with Gasteiger partial charge in [-0.3, -0.25) is 4.79 Å². The lowest BCUT2D eigenvalue weighted by Gasteiger charge is -2.20. The lowest BCUT2D eigenvalue weighted by atomic mass is 10.1. The van der Waals surface area contributed by atoms with Crippen LogP contribution in [-0.2, 0) is 15.5 Å². The van der Waals surface area contributed by atoms with Crippen LogP contribution in [0.5, 0.6) is 0 Å². The Balaban J connectivity index is 2.91. The van der Waals surface area contributed by atoms with Crippen molar-refractivity contribution in [3.05, 3.63) is 34.9 Å². The van der Waals surface area contributed by atoms with E-state index >= 15 is 0 Å². The Hall–Kier alpha value is -1.69. The minimum absolute atomic E-state index is 0.0679. The van der Waals surface area contributed by atoms with E-state index in [9.17, 15) is 18.4 Å². The molecule has 1 aromatic carbocycles. The van der Waals surface area contributed by atoms with Gasteiger partial charge in [-0.1, -0.05) is 37.1 Å². The second-order valence-electron chi connectivity index (χ2n) is 4.24. The Morgan fingerprint density at radius 2 is 2.10 bits per heavy atom. The quantitative estimate of drug-likeness (QED) is 0.849. The van der Waals surface area contributed by atoms with Gasteiger partial charge in [-0.15, -0.1) is 0 Å². The summed E-state index contributed by atoms with van der Waals surface area (Å²) in [6.45, 7) is 1.69. The minimum Gasteiger partial charge on any atom is -0.480 e. The standard InChI is InChI=1S/C13H14ClF2NO3/c1-2-4-10(11(18)19)17-12(20)13(15,16)8-5-3-6-9(14)7-8/h3,5-7,10H,2,4H2,1H3,(H,17,20)(H,18,19). The van der Waals surface area contributed by atoms with Gasteiger partial charge in [-0.2, -0.15) is 8.78 Å². The number of aliphatic carboxylic acids is 1. The molecule has 4 nitrogen and oxygen atoms in total. The lowest BCUT2D eigenvalue weighted by molar-refractivity contribution is -0.152. The Morgan fingerprint density at radius 1 is 1.45 bits per heavy atom. The molecule has 0 bridgehead atoms. The van der Waals surface area contributed by atoms with Crippen LogP contribution in [0.4, 0.5) is 8.78 Å². The smallest absolute Gasteiger partial charge is 0.349 e. The van der Waals surface area contributed by atoms with E-state index in [1.54, 1.807) is 6.92 Å². The minimum atomic E-state index is -3.84. The van der Waals surface area contributed by atoms with Crippen molar-refractivity contribution in [3.63, 3.8) is 0 Å². The third kappa shape index (κ3) is 3.90. The fraction of sp³-hybridized carbons (Fsp3) is 0.385. The highest BCUT2D eigenvalue weighted by atomic mass is 35.5. The zero-order chi connectivity index (χ0) is 15.3. The number of carbonyl (C=O) groups is 2. The van der Waals surface area contributed by atoms with E-state index in [0.29, 0.717) is 6.42 Å². The van der Waals surface area contributed by atoms with E-state index in [-0.39, 0.29) is 11.4 Å². The number of amides is 1. The molecule has 0 aliphatic heterocycles. The Kier molecular flexibility index (Phi) is 5.44. The van der Waals surface area contributed by atoms with Crippen LogP contribution >= 0.6 is 11.6 Å². The van der Waals surface area contributed by atoms with Crippen LogP contribution in [0.3, 0.4) is 0 Å². The number of carboxylic acid groups (broad SMARTS) is 1. The lowest BCUT2D eigenvalue weighted by Crippen LogP contribution is -2.47. The fourth-order valence-electron chi connectivity index (χ4n) is 1.61. The van der Waals surface area contributed by atoms with Crippen molar-refractivity contribution < 1.29 is 23.5 Å². The highest BCUT2D eigenvalue weighted by molar-refractivity contribution is 6.30. The van der Waals surface area contributed by atoms with Crippen molar-refractivity contribution in [3.8, 4) is 0 Å². The number of hydrogen-bond acceptors (Lipinski definition) is 2. The first-order valence-corrected chi connectivity index (χ1v) is 6.34. The summed E-state index contributed by atoms with van der Waals surface area (Å²) in [5, 5.41) is 10.8. The van der Waals surface area contributed by atoms with Gasteiger partial charge in [0.2, 0.25) is 0 Å². The fourth-order valence-corrected chi connectivity index (χ4v) is 1.80. The summed E-state index contributed by atoms with van der Waals surface area (Å²) in [7, 11) is 0. The maximum absolute atomic E-state index is 13.9. The maximum Gasteiger partial charge on any atom is 0.349 e. The zero-order valence-electron chi connectivity index (χ0n) is 10.7. The molecule has 0 heterocycles. The molecule has 20 heavy (non-hydrogen) atoms. The van der Waals surface area contributed by atoms with Gasteiger partial charge in [0.15, 0.2) is 0 Å². The number of carbonyl (C=O) groups excluding carboxylic acids is 1. The number of hydrogen-bond donors (Lipinski definition) is 2. The van der Waals surface area contributed by atoms with E-state index in [1.165, 1.54) is 12.1 Å². The van der Waals surface area contributed by atoms with Gasteiger partial charge in [0.05, 0.1) is 0 Å². The van der Waals surface area contributed by atoms with Crippen molar-refractivity contribution in [1.82, 2.24) is 5.32 Å². The third-order valence-electron chi connectivity index (χ3n) is 2.65. The average Bonchev–Trinajstić information content (AvgIpc) is 2.37. The van der Waals surface area contributed by atoms with Crippen LogP contribution < -0.4 is 5.32 Å². The maximum atomic E-state index is 13.9. The van der Waals surface area contributed by atoms with Crippen LogP contribution in [0.25, 0.3) is 0 Å². The first kappa shape index (κ1) is 16.4. The Morgan fingerprint density at radius 3 is 2.60 bits per heavy atom. The van der Waals surface area contributed by atoms with Gasteiger partial charge in [0.25, 0.3) is 5.91 Å². The van der Waals surface area contributed by atoms with Crippen LogP contribution in [0.15, 0.2) is 24.3 Å². The van der Waals surface area contributed by atoms with Gasteiger partial charge in [-0.25, -0.2) is 4.79 Å². The van der Waals surface area contributed by atoms with Crippen molar-refractivity contribution in [2.75, 3.05) is 0 Å². The van der Waals surface area contributed by atoms with E-state index in [1.807, 2.05) is 5.32 Å². The molecule has 0 saturated heterocycles. The predicted octanol–water partition coefficient (Wildman–Crippen LogP) is 2.80. The summed E-state index contributed by atoms with van der Waals surface area (Å²) in [5.41, 5.74) is -0.580. The van der Waals surface area contributed by atoms with E-state index < -0.39 is 29.4 Å². The molecule has 1 unspecified atom stereocenters. The SMILES string of the molecule is CCCC(NC(=O)C(F)(F)c1cccc(Cl)c1)C(=O)O. The molecule has 0 fully saturated rings. The molecule has 7 heteroatoms. The van der Waals surface area contributed by atoms with E-state index in [0.717, 1.165) is 12.1 Å². The number of benzene rings is 1. The third-order valence-corrected chi connectivity index (χ3v) is 2.89. The van der Waals surface area contributed by atoms with Crippen LogP contribution in [0.2, 0.25) is 5.02 Å². The average molecular weight is 306 g/mol. The van der Waals surface area contributed by atoms with Gasteiger partial charge in [-0.05, 0) is 18.6 Å². The second kappa shape index (κ2) is 6.65. The number of carboxylic acids is 1. The summed E-state index contributed by atoms with van der Waals surface area (Å²) in [6.07, 6.45) is 0.521. The van der Waals surface area contributed by atoms with Crippen LogP contribution in [-0.4, -0.2) is 23.0 Å². The second-order valence-corrected chi connectivity index (χ2v) is 4.67. The summed E-state index contributed by atoms with van der Waals surface area (Å²) < 4.78 is 27.9. The molecule has 0 aliphatic carbocycles. The van der Waals surface area contributed by atoms with Gasteiger partial charge in [0, 0.05) is 10.6 Å². The molecular weight excluding hydrogens is 292 g/mol. The zero-order valence-corrected chi connectivity index (χ0v) is 11.5. The molecule has 110 valence electrons. The first-order chi connectivity index (χ1) is 9.28. The van der Waals surface area contributed by atoms with Crippen molar-refractivity contribution in [2.24, 2.45) is 0 Å². The van der Waals surface area contributed by atoms with Crippen molar-refractivity contribution in [2.45, 2.75) is 31.7 Å². The molecular formula is C13H14ClF2NO3. The molecule has 1 aromatic rings. The normalized spacial score (nSPS) is 12.8.